The molecule has 1 unspecified atom stereocenters. The number of carbonyl (C=O) groups is 1. The number of rotatable bonds is 4. The van der Waals surface area contributed by atoms with Crippen LogP contribution in [0.3, 0.4) is 0 Å². The molecule has 1 atom stereocenters. The highest BCUT2D eigenvalue weighted by atomic mass is 32.2. The van der Waals surface area contributed by atoms with Gasteiger partial charge in [-0.05, 0) is 6.42 Å². The molecule has 0 bridgehead atoms. The van der Waals surface area contributed by atoms with Crippen molar-refractivity contribution in [1.82, 2.24) is 0 Å². The average Bonchev–Trinajstić information content (AvgIpc) is 1.82. The van der Waals surface area contributed by atoms with Gasteiger partial charge in [-0.25, -0.2) is 0 Å². The minimum Gasteiger partial charge on any atom is -0.369 e. The molecule has 0 aromatic carbocycles. The molecule has 0 spiro atoms. The zero-order chi connectivity index (χ0) is 7.28. The zero-order valence-electron chi connectivity index (χ0n) is 5.46. The summed E-state index contributed by atoms with van der Waals surface area (Å²) in [6.07, 6.45) is 0.761. The van der Waals surface area contributed by atoms with E-state index in [2.05, 4.69) is 0 Å². The number of hydrogen-bond donors (Lipinski definition) is 2. The van der Waals surface area contributed by atoms with Crippen molar-refractivity contribution in [3.05, 3.63) is 0 Å². The Labute approximate surface area is 59.2 Å². The van der Waals surface area contributed by atoms with Gasteiger partial charge in [0.25, 0.3) is 0 Å². The van der Waals surface area contributed by atoms with Crippen LogP contribution >= 0.6 is 11.8 Å². The molecule has 0 radical (unpaired) electrons. The molecule has 0 saturated heterocycles. The first-order chi connectivity index (χ1) is 4.22. The molecule has 0 aliphatic heterocycles. The summed E-state index contributed by atoms with van der Waals surface area (Å²) < 4.78 is 0. The van der Waals surface area contributed by atoms with E-state index in [0.717, 1.165) is 6.42 Å². The summed E-state index contributed by atoms with van der Waals surface area (Å²) in [6, 6.07) is 0. The van der Waals surface area contributed by atoms with Crippen LogP contribution < -0.4 is 11.5 Å². The molecule has 4 heteroatoms. The smallest absolute Gasteiger partial charge is 0.230 e. The van der Waals surface area contributed by atoms with E-state index in [-0.39, 0.29) is 11.2 Å². The van der Waals surface area contributed by atoms with E-state index < -0.39 is 0 Å². The maximum atomic E-state index is 10.5. The fourth-order valence-corrected chi connectivity index (χ4v) is 1.15. The Bertz CT molecular complexity index is 97.0. The molecule has 0 aromatic heterocycles. The third-order valence-corrected chi connectivity index (χ3v) is 2.15. The van der Waals surface area contributed by atoms with Crippen LogP contribution in [-0.2, 0) is 4.79 Å². The molecule has 3 nitrogen and oxygen atoms in total. The number of carbonyl (C=O) groups excluding carboxylic acids is 1. The van der Waals surface area contributed by atoms with Crippen LogP contribution in [0, 0.1) is 0 Å². The van der Waals surface area contributed by atoms with Crippen molar-refractivity contribution in [3.8, 4) is 0 Å². The van der Waals surface area contributed by atoms with Gasteiger partial charge in [0, 0.05) is 5.88 Å². The normalized spacial score (nSPS) is 13.1. The molecule has 4 N–H and O–H groups in total. The lowest BCUT2D eigenvalue weighted by Gasteiger charge is -2.06. The summed E-state index contributed by atoms with van der Waals surface area (Å²) in [5, 5.41) is -0.102. The zero-order valence-corrected chi connectivity index (χ0v) is 6.28. The fourth-order valence-electron chi connectivity index (χ4n) is 0.517. The summed E-state index contributed by atoms with van der Waals surface area (Å²) >= 11 is 1.39. The highest BCUT2D eigenvalue weighted by Crippen LogP contribution is 2.10. The maximum Gasteiger partial charge on any atom is 0.230 e. The molecule has 0 aromatic rings. The molecule has 0 aliphatic rings. The van der Waals surface area contributed by atoms with E-state index in [1.807, 2.05) is 6.92 Å². The molecule has 9 heavy (non-hydrogen) atoms. The van der Waals surface area contributed by atoms with Gasteiger partial charge in [-0.3, -0.25) is 4.79 Å². The van der Waals surface area contributed by atoms with Gasteiger partial charge in [0.05, 0.1) is 5.25 Å². The van der Waals surface area contributed by atoms with E-state index >= 15 is 0 Å². The number of thioether (sulfide) groups is 1. The van der Waals surface area contributed by atoms with Crippen molar-refractivity contribution >= 4 is 17.7 Å². The molecule has 1 amide bonds. The van der Waals surface area contributed by atoms with Gasteiger partial charge < -0.3 is 11.5 Å². The summed E-state index contributed by atoms with van der Waals surface area (Å²) in [5.74, 6) is 0.189. The minimum absolute atomic E-state index is 0.102. The SMILES string of the molecule is CCC(SCN)C(N)=O. The molecule has 0 heterocycles. The Morgan fingerprint density at radius 2 is 2.33 bits per heavy atom. The Morgan fingerprint density at radius 1 is 1.78 bits per heavy atom. The first-order valence-corrected chi connectivity index (χ1v) is 3.88. The summed E-state index contributed by atoms with van der Waals surface area (Å²) in [7, 11) is 0. The molecule has 54 valence electrons. The van der Waals surface area contributed by atoms with Crippen LogP contribution in [0.15, 0.2) is 0 Å². The second kappa shape index (κ2) is 4.64. The average molecular weight is 148 g/mol. The Kier molecular flexibility index (Phi) is 4.53. The second-order valence-corrected chi connectivity index (χ2v) is 2.87. The van der Waals surface area contributed by atoms with Crippen molar-refractivity contribution in [2.24, 2.45) is 11.5 Å². The van der Waals surface area contributed by atoms with Crippen LogP contribution in [0.25, 0.3) is 0 Å². The van der Waals surface area contributed by atoms with E-state index in [0.29, 0.717) is 5.88 Å². The van der Waals surface area contributed by atoms with Crippen LogP contribution in [0.2, 0.25) is 0 Å². The van der Waals surface area contributed by atoms with Gasteiger partial charge in [0.2, 0.25) is 5.91 Å². The van der Waals surface area contributed by atoms with Gasteiger partial charge in [0.1, 0.15) is 0 Å². The first-order valence-electron chi connectivity index (χ1n) is 2.83. The molecular formula is C5H12N2OS. The van der Waals surface area contributed by atoms with Crippen LogP contribution in [-0.4, -0.2) is 17.0 Å². The lowest BCUT2D eigenvalue weighted by atomic mass is 10.3. The van der Waals surface area contributed by atoms with Crippen molar-refractivity contribution in [2.45, 2.75) is 18.6 Å². The van der Waals surface area contributed by atoms with Gasteiger partial charge in [-0.2, -0.15) is 0 Å². The lowest BCUT2D eigenvalue weighted by Crippen LogP contribution is -2.26. The van der Waals surface area contributed by atoms with E-state index in [4.69, 9.17) is 11.5 Å². The molecule has 0 fully saturated rings. The fraction of sp³-hybridized carbons (Fsp3) is 0.800. The molecular weight excluding hydrogens is 136 g/mol. The third-order valence-electron chi connectivity index (χ3n) is 0.986. The monoisotopic (exact) mass is 148 g/mol. The van der Waals surface area contributed by atoms with Gasteiger partial charge in [0.15, 0.2) is 0 Å². The highest BCUT2D eigenvalue weighted by Gasteiger charge is 2.10. The Hall–Kier alpha value is -0.220. The number of nitrogens with two attached hydrogens (primary N) is 2. The largest absolute Gasteiger partial charge is 0.369 e. The van der Waals surface area contributed by atoms with Crippen molar-refractivity contribution in [3.63, 3.8) is 0 Å². The quantitative estimate of drug-likeness (QED) is 0.547. The number of primary amides is 1. The summed E-state index contributed by atoms with van der Waals surface area (Å²) in [4.78, 5) is 10.5. The number of amides is 1. The first kappa shape index (κ1) is 8.78. The second-order valence-electron chi connectivity index (χ2n) is 1.63. The lowest BCUT2D eigenvalue weighted by molar-refractivity contribution is -0.117. The standard InChI is InChI=1S/C5H12N2OS/c1-2-4(5(7)8)9-3-6/h4H,2-3,6H2,1H3,(H2,7,8). The van der Waals surface area contributed by atoms with Crippen molar-refractivity contribution < 1.29 is 4.79 Å². The van der Waals surface area contributed by atoms with Crippen molar-refractivity contribution in [1.29, 1.82) is 0 Å². The topological polar surface area (TPSA) is 69.1 Å². The van der Waals surface area contributed by atoms with Crippen LogP contribution in [0.1, 0.15) is 13.3 Å². The summed E-state index contributed by atoms with van der Waals surface area (Å²) in [6.45, 7) is 1.91. The van der Waals surface area contributed by atoms with E-state index in [9.17, 15) is 4.79 Å². The van der Waals surface area contributed by atoms with Crippen LogP contribution in [0.4, 0.5) is 0 Å². The number of hydrogen-bond acceptors (Lipinski definition) is 3. The molecule has 0 saturated carbocycles. The molecule has 0 rings (SSSR count). The highest BCUT2D eigenvalue weighted by molar-refractivity contribution is 8.00. The van der Waals surface area contributed by atoms with Crippen LogP contribution in [0.5, 0.6) is 0 Å². The Morgan fingerprint density at radius 3 is 2.44 bits per heavy atom. The summed E-state index contributed by atoms with van der Waals surface area (Å²) in [5.41, 5.74) is 10.2. The van der Waals surface area contributed by atoms with E-state index in [1.54, 1.807) is 0 Å². The molecule has 0 aliphatic carbocycles. The van der Waals surface area contributed by atoms with Crippen molar-refractivity contribution in [2.75, 3.05) is 5.88 Å². The third kappa shape index (κ3) is 3.37. The van der Waals surface area contributed by atoms with E-state index in [1.165, 1.54) is 11.8 Å². The minimum atomic E-state index is -0.270. The predicted octanol–water partition coefficient (Wildman–Crippen LogP) is -0.100. The van der Waals surface area contributed by atoms with Gasteiger partial charge in [-0.15, -0.1) is 11.8 Å². The van der Waals surface area contributed by atoms with Gasteiger partial charge in [-0.1, -0.05) is 6.92 Å². The predicted molar refractivity (Wildman–Crippen MR) is 39.9 cm³/mol. The maximum absolute atomic E-state index is 10.5. The van der Waals surface area contributed by atoms with Gasteiger partial charge >= 0.3 is 0 Å². The Balaban J connectivity index is 3.54.